The third-order valence-electron chi connectivity index (χ3n) is 3.03. The monoisotopic (exact) mass is 318 g/mol. The van der Waals surface area contributed by atoms with E-state index in [1.807, 2.05) is 13.8 Å². The summed E-state index contributed by atoms with van der Waals surface area (Å²) >= 11 is 11.9. The Bertz CT molecular complexity index is 490. The Kier molecular flexibility index (Phi) is 6.11. The summed E-state index contributed by atoms with van der Waals surface area (Å²) in [5.41, 5.74) is 6.23. The first-order valence-corrected chi connectivity index (χ1v) is 7.16. The van der Waals surface area contributed by atoms with Gasteiger partial charge in [-0.3, -0.25) is 4.79 Å². The van der Waals surface area contributed by atoms with E-state index in [1.54, 1.807) is 0 Å². The largest absolute Gasteiger partial charge is 0.399 e. The predicted octanol–water partition coefficient (Wildman–Crippen LogP) is 3.10. The number of hydrogen-bond acceptors (Lipinski definition) is 3. The van der Waals surface area contributed by atoms with Crippen molar-refractivity contribution in [2.24, 2.45) is 5.41 Å². The van der Waals surface area contributed by atoms with E-state index in [1.165, 1.54) is 12.1 Å². The maximum absolute atomic E-state index is 12.1. The molecule has 1 aromatic rings. The topological polar surface area (TPSA) is 75.3 Å². The molecule has 4 N–H and O–H groups in total. The summed E-state index contributed by atoms with van der Waals surface area (Å²) in [6.45, 7) is 4.68. The molecular formula is C14H20Cl2N2O2. The van der Waals surface area contributed by atoms with E-state index in [0.717, 1.165) is 6.42 Å². The number of aliphatic hydroxyl groups is 1. The van der Waals surface area contributed by atoms with Crippen molar-refractivity contribution >= 4 is 34.8 Å². The lowest BCUT2D eigenvalue weighted by atomic mass is 9.88. The van der Waals surface area contributed by atoms with Crippen LogP contribution in [-0.4, -0.2) is 24.2 Å². The Labute approximate surface area is 129 Å². The Balaban J connectivity index is 2.73. The highest BCUT2D eigenvalue weighted by atomic mass is 35.5. The van der Waals surface area contributed by atoms with Gasteiger partial charge in [-0.05, 0) is 30.4 Å². The van der Waals surface area contributed by atoms with Crippen LogP contribution in [0.4, 0.5) is 5.69 Å². The Morgan fingerprint density at radius 3 is 2.65 bits per heavy atom. The number of nitrogens with one attached hydrogen (secondary N) is 1. The van der Waals surface area contributed by atoms with Gasteiger partial charge in [-0.15, -0.1) is 0 Å². The molecule has 0 bridgehead atoms. The minimum Gasteiger partial charge on any atom is -0.399 e. The molecule has 4 nitrogen and oxygen atoms in total. The van der Waals surface area contributed by atoms with Gasteiger partial charge in [0.25, 0.3) is 5.91 Å². The SMILES string of the molecule is CC(C)(CCCO)CNC(=O)c1cc(N)cc(Cl)c1Cl. The Morgan fingerprint density at radius 2 is 2.05 bits per heavy atom. The van der Waals surface area contributed by atoms with Crippen molar-refractivity contribution in [2.75, 3.05) is 18.9 Å². The van der Waals surface area contributed by atoms with E-state index < -0.39 is 0 Å². The summed E-state index contributed by atoms with van der Waals surface area (Å²) < 4.78 is 0. The molecule has 0 radical (unpaired) electrons. The van der Waals surface area contributed by atoms with Crippen LogP contribution in [0.3, 0.4) is 0 Å². The van der Waals surface area contributed by atoms with Crippen molar-refractivity contribution in [1.82, 2.24) is 5.32 Å². The van der Waals surface area contributed by atoms with Gasteiger partial charge in [0, 0.05) is 18.8 Å². The van der Waals surface area contributed by atoms with Gasteiger partial charge < -0.3 is 16.2 Å². The van der Waals surface area contributed by atoms with Gasteiger partial charge in [0.05, 0.1) is 15.6 Å². The van der Waals surface area contributed by atoms with Crippen molar-refractivity contribution < 1.29 is 9.90 Å². The second kappa shape index (κ2) is 7.16. The standard InChI is InChI=1S/C14H20Cl2N2O2/c1-14(2,4-3-5-19)8-18-13(20)10-6-9(17)7-11(15)12(10)16/h6-7,19H,3-5,8,17H2,1-2H3,(H,18,20). The first-order chi connectivity index (χ1) is 9.26. The number of nitrogens with two attached hydrogens (primary N) is 1. The lowest BCUT2D eigenvalue weighted by molar-refractivity contribution is 0.0933. The maximum atomic E-state index is 12.1. The first kappa shape index (κ1) is 17.1. The van der Waals surface area contributed by atoms with E-state index in [9.17, 15) is 4.79 Å². The molecule has 1 aromatic carbocycles. The summed E-state index contributed by atoms with van der Waals surface area (Å²) in [7, 11) is 0. The molecule has 0 heterocycles. The van der Waals surface area contributed by atoms with Crippen molar-refractivity contribution in [2.45, 2.75) is 26.7 Å². The Morgan fingerprint density at radius 1 is 1.40 bits per heavy atom. The van der Waals surface area contributed by atoms with Crippen LogP contribution >= 0.6 is 23.2 Å². The van der Waals surface area contributed by atoms with Gasteiger partial charge in [-0.1, -0.05) is 37.0 Å². The number of amides is 1. The van der Waals surface area contributed by atoms with E-state index in [0.29, 0.717) is 18.7 Å². The van der Waals surface area contributed by atoms with Gasteiger partial charge in [-0.25, -0.2) is 0 Å². The molecule has 1 amide bonds. The fourth-order valence-electron chi connectivity index (χ4n) is 1.84. The average Bonchev–Trinajstić information content (AvgIpc) is 2.38. The Hall–Kier alpha value is -0.970. The molecule has 0 aliphatic carbocycles. The van der Waals surface area contributed by atoms with Gasteiger partial charge >= 0.3 is 0 Å². The van der Waals surface area contributed by atoms with Crippen LogP contribution in [0.1, 0.15) is 37.0 Å². The highest BCUT2D eigenvalue weighted by molar-refractivity contribution is 6.44. The molecule has 0 aliphatic heterocycles. The maximum Gasteiger partial charge on any atom is 0.252 e. The molecule has 0 saturated heterocycles. The highest BCUT2D eigenvalue weighted by Crippen LogP contribution is 2.29. The first-order valence-electron chi connectivity index (χ1n) is 6.40. The molecule has 6 heteroatoms. The molecule has 0 spiro atoms. The lowest BCUT2D eigenvalue weighted by Crippen LogP contribution is -2.34. The van der Waals surface area contributed by atoms with Crippen LogP contribution in [0, 0.1) is 5.41 Å². The fraction of sp³-hybridized carbons (Fsp3) is 0.500. The molecule has 0 fully saturated rings. The lowest BCUT2D eigenvalue weighted by Gasteiger charge is -2.24. The van der Waals surface area contributed by atoms with Crippen molar-refractivity contribution in [1.29, 1.82) is 0 Å². The molecule has 0 aliphatic rings. The van der Waals surface area contributed by atoms with Crippen LogP contribution in [-0.2, 0) is 0 Å². The number of anilines is 1. The minimum absolute atomic E-state index is 0.102. The number of carbonyl (C=O) groups is 1. The molecule has 0 saturated carbocycles. The minimum atomic E-state index is -0.304. The second-order valence-electron chi connectivity index (χ2n) is 5.54. The summed E-state index contributed by atoms with van der Waals surface area (Å²) in [6, 6.07) is 3.01. The van der Waals surface area contributed by atoms with Gasteiger partial charge in [0.2, 0.25) is 0 Å². The molecule has 1 rings (SSSR count). The number of nitrogen functional groups attached to an aromatic ring is 1. The molecule has 0 aromatic heterocycles. The number of halogens is 2. The number of benzene rings is 1. The van der Waals surface area contributed by atoms with Gasteiger partial charge in [0.1, 0.15) is 0 Å². The van der Waals surface area contributed by atoms with E-state index in [4.69, 9.17) is 34.0 Å². The predicted molar refractivity (Wildman–Crippen MR) is 83.3 cm³/mol. The van der Waals surface area contributed by atoms with E-state index >= 15 is 0 Å². The van der Waals surface area contributed by atoms with Crippen molar-refractivity contribution in [3.05, 3.63) is 27.7 Å². The fourth-order valence-corrected chi connectivity index (χ4v) is 2.26. The van der Waals surface area contributed by atoms with Crippen LogP contribution in [0.2, 0.25) is 10.0 Å². The number of aliphatic hydroxyl groups excluding tert-OH is 1. The number of carbonyl (C=O) groups excluding carboxylic acids is 1. The zero-order chi connectivity index (χ0) is 15.3. The van der Waals surface area contributed by atoms with Crippen molar-refractivity contribution in [3.8, 4) is 0 Å². The molecule has 0 unspecified atom stereocenters. The smallest absolute Gasteiger partial charge is 0.252 e. The van der Waals surface area contributed by atoms with E-state index in [2.05, 4.69) is 5.32 Å². The number of rotatable bonds is 6. The normalized spacial score (nSPS) is 11.4. The van der Waals surface area contributed by atoms with Crippen molar-refractivity contribution in [3.63, 3.8) is 0 Å². The average molecular weight is 319 g/mol. The summed E-state index contributed by atoms with van der Waals surface area (Å²) in [6.07, 6.45) is 1.52. The summed E-state index contributed by atoms with van der Waals surface area (Å²) in [5.74, 6) is -0.304. The third-order valence-corrected chi connectivity index (χ3v) is 3.84. The molecule has 20 heavy (non-hydrogen) atoms. The zero-order valence-corrected chi connectivity index (χ0v) is 13.2. The van der Waals surface area contributed by atoms with Crippen LogP contribution < -0.4 is 11.1 Å². The van der Waals surface area contributed by atoms with Crippen LogP contribution in [0.15, 0.2) is 12.1 Å². The second-order valence-corrected chi connectivity index (χ2v) is 6.32. The van der Waals surface area contributed by atoms with Gasteiger partial charge in [0.15, 0.2) is 0 Å². The zero-order valence-electron chi connectivity index (χ0n) is 11.7. The summed E-state index contributed by atoms with van der Waals surface area (Å²) in [4.78, 5) is 12.1. The highest BCUT2D eigenvalue weighted by Gasteiger charge is 2.20. The quantitative estimate of drug-likeness (QED) is 0.705. The van der Waals surface area contributed by atoms with Crippen LogP contribution in [0.25, 0.3) is 0 Å². The number of hydrogen-bond donors (Lipinski definition) is 3. The molecule has 0 atom stereocenters. The van der Waals surface area contributed by atoms with E-state index in [-0.39, 0.29) is 33.5 Å². The summed E-state index contributed by atoms with van der Waals surface area (Å²) in [5, 5.41) is 12.1. The van der Waals surface area contributed by atoms with Crippen LogP contribution in [0.5, 0.6) is 0 Å². The molecule has 112 valence electrons. The third kappa shape index (κ3) is 4.85. The van der Waals surface area contributed by atoms with Gasteiger partial charge in [-0.2, -0.15) is 0 Å². The molecular weight excluding hydrogens is 299 g/mol.